The minimum Gasteiger partial charge on any atom is -0.453 e. The summed E-state index contributed by atoms with van der Waals surface area (Å²) in [6.45, 7) is 1.82. The molecule has 3 aromatic heterocycles. The van der Waals surface area contributed by atoms with Gasteiger partial charge in [-0.3, -0.25) is 0 Å². The van der Waals surface area contributed by atoms with Crippen LogP contribution in [0, 0.1) is 6.92 Å². The van der Waals surface area contributed by atoms with Crippen molar-refractivity contribution in [3.8, 4) is 5.69 Å². The number of carbonyl (C=O) groups excluding carboxylic acids is 1. The third-order valence-electron chi connectivity index (χ3n) is 4.17. The molecule has 0 saturated carbocycles. The number of nitrogens with two attached hydrogens (primary N) is 1. The first-order valence-corrected chi connectivity index (χ1v) is 9.63. The van der Waals surface area contributed by atoms with E-state index in [0.717, 1.165) is 21.6 Å². The highest BCUT2D eigenvalue weighted by molar-refractivity contribution is 7.20. The first kappa shape index (κ1) is 18.8. The first-order chi connectivity index (χ1) is 13.9. The minimum absolute atomic E-state index is 0.0789. The van der Waals surface area contributed by atoms with Crippen molar-refractivity contribution in [2.24, 2.45) is 0 Å². The fraction of sp³-hybridized carbons (Fsp3) is 0.211. The third kappa shape index (κ3) is 3.74. The molecule has 148 valence electrons. The molecule has 0 radical (unpaired) electrons. The van der Waals surface area contributed by atoms with Gasteiger partial charge in [0.15, 0.2) is 12.4 Å². The molecule has 0 aliphatic rings. The Bertz CT molecular complexity index is 1180. The molecule has 10 heteroatoms. The lowest BCUT2D eigenvalue weighted by atomic mass is 10.3. The Labute approximate surface area is 170 Å². The van der Waals surface area contributed by atoms with E-state index >= 15 is 0 Å². The van der Waals surface area contributed by atoms with Crippen LogP contribution in [0.3, 0.4) is 0 Å². The molecule has 0 fully saturated rings. The zero-order valence-corrected chi connectivity index (χ0v) is 17.0. The molecule has 29 heavy (non-hydrogen) atoms. The number of aromatic nitrogens is 5. The second kappa shape index (κ2) is 7.47. The Hall–Kier alpha value is -3.53. The number of thiophene rings is 1. The van der Waals surface area contributed by atoms with E-state index in [1.807, 2.05) is 41.9 Å². The summed E-state index contributed by atoms with van der Waals surface area (Å²) in [7, 11) is 3.58. The number of esters is 1. The van der Waals surface area contributed by atoms with Gasteiger partial charge in [-0.15, -0.1) is 11.3 Å². The first-order valence-electron chi connectivity index (χ1n) is 8.82. The molecule has 4 aromatic rings. The van der Waals surface area contributed by atoms with Crippen LogP contribution in [-0.2, 0) is 11.3 Å². The molecule has 2 N–H and O–H groups in total. The molecule has 3 heterocycles. The largest absolute Gasteiger partial charge is 0.453 e. The Kier molecular flexibility index (Phi) is 4.85. The highest BCUT2D eigenvalue weighted by atomic mass is 32.1. The van der Waals surface area contributed by atoms with Crippen molar-refractivity contribution in [1.29, 1.82) is 0 Å². The van der Waals surface area contributed by atoms with Gasteiger partial charge >= 0.3 is 5.97 Å². The van der Waals surface area contributed by atoms with Crippen LogP contribution >= 0.6 is 11.3 Å². The monoisotopic (exact) mass is 409 g/mol. The second-order valence-electron chi connectivity index (χ2n) is 6.54. The van der Waals surface area contributed by atoms with Gasteiger partial charge in [-0.1, -0.05) is 18.2 Å². The van der Waals surface area contributed by atoms with Crippen molar-refractivity contribution in [1.82, 2.24) is 24.7 Å². The summed E-state index contributed by atoms with van der Waals surface area (Å²) < 4.78 is 7.24. The fourth-order valence-electron chi connectivity index (χ4n) is 2.78. The van der Waals surface area contributed by atoms with Crippen LogP contribution in [0.1, 0.15) is 21.2 Å². The summed E-state index contributed by atoms with van der Waals surface area (Å²) in [6, 6.07) is 11.6. The van der Waals surface area contributed by atoms with Crippen LogP contribution in [0.5, 0.6) is 0 Å². The van der Waals surface area contributed by atoms with Gasteiger partial charge < -0.3 is 15.4 Å². The number of rotatable bonds is 5. The average Bonchev–Trinajstić information content (AvgIpc) is 3.27. The van der Waals surface area contributed by atoms with Gasteiger partial charge in [0, 0.05) is 19.5 Å². The number of anilines is 2. The molecule has 0 spiro atoms. The maximum Gasteiger partial charge on any atom is 0.348 e. The Balaban J connectivity index is 1.57. The predicted octanol–water partition coefficient (Wildman–Crippen LogP) is 2.59. The van der Waals surface area contributed by atoms with Crippen LogP contribution in [0.2, 0.25) is 0 Å². The van der Waals surface area contributed by atoms with Crippen LogP contribution < -0.4 is 10.6 Å². The number of aryl methyl sites for hydroxylation is 1. The highest BCUT2D eigenvalue weighted by Crippen LogP contribution is 2.30. The van der Waals surface area contributed by atoms with E-state index in [4.69, 9.17) is 10.5 Å². The van der Waals surface area contributed by atoms with Crippen molar-refractivity contribution < 1.29 is 9.53 Å². The topological polar surface area (TPSA) is 112 Å². The van der Waals surface area contributed by atoms with Gasteiger partial charge in [0.1, 0.15) is 9.71 Å². The quantitative estimate of drug-likeness (QED) is 0.501. The standard InChI is InChI=1S/C19H19N7O2S/c1-11-13-9-14(29-16(13)26(24-11)12-7-5-4-6-8-12)17(27)28-10-15-21-18(20)23-19(22-15)25(2)3/h4-9H,10H2,1-3H3,(H2,20,21,22,23). The van der Waals surface area contributed by atoms with Crippen molar-refractivity contribution >= 4 is 39.4 Å². The summed E-state index contributed by atoms with van der Waals surface area (Å²) in [5.74, 6) is 0.331. The average molecular weight is 409 g/mol. The molecule has 0 aliphatic heterocycles. The van der Waals surface area contributed by atoms with E-state index in [9.17, 15) is 4.79 Å². The number of para-hydroxylation sites is 1. The molecule has 0 aliphatic carbocycles. The number of nitrogen functional groups attached to an aromatic ring is 1. The summed E-state index contributed by atoms with van der Waals surface area (Å²) >= 11 is 1.33. The number of nitrogens with zero attached hydrogens (tertiary/aromatic N) is 6. The van der Waals surface area contributed by atoms with Gasteiger partial charge in [0.25, 0.3) is 0 Å². The lowest BCUT2D eigenvalue weighted by Gasteiger charge is -2.11. The smallest absolute Gasteiger partial charge is 0.348 e. The van der Waals surface area contributed by atoms with Gasteiger partial charge in [0.2, 0.25) is 11.9 Å². The maximum atomic E-state index is 12.6. The lowest BCUT2D eigenvalue weighted by molar-refractivity contribution is 0.0468. The molecule has 0 amide bonds. The third-order valence-corrected chi connectivity index (χ3v) is 5.26. The molecule has 0 atom stereocenters. The number of benzene rings is 1. The van der Waals surface area contributed by atoms with Crippen LogP contribution in [0.15, 0.2) is 36.4 Å². The number of hydrogen-bond donors (Lipinski definition) is 1. The van der Waals surface area contributed by atoms with Crippen molar-refractivity contribution in [2.75, 3.05) is 24.7 Å². The minimum atomic E-state index is -0.449. The summed E-state index contributed by atoms with van der Waals surface area (Å²) in [5, 5.41) is 5.50. The summed E-state index contributed by atoms with van der Waals surface area (Å²) in [6.07, 6.45) is 0. The normalized spacial score (nSPS) is 11.0. The highest BCUT2D eigenvalue weighted by Gasteiger charge is 2.19. The van der Waals surface area contributed by atoms with Crippen molar-refractivity contribution in [3.63, 3.8) is 0 Å². The molecular formula is C19H19N7O2S. The van der Waals surface area contributed by atoms with E-state index in [1.165, 1.54) is 11.3 Å². The fourth-order valence-corrected chi connectivity index (χ4v) is 3.86. The van der Waals surface area contributed by atoms with Crippen molar-refractivity contribution in [3.05, 3.63) is 52.8 Å². The zero-order chi connectivity index (χ0) is 20.5. The Morgan fingerprint density at radius 3 is 2.69 bits per heavy atom. The SMILES string of the molecule is Cc1nn(-c2ccccc2)c2sc(C(=O)OCc3nc(N)nc(N(C)C)n3)cc12. The number of fused-ring (bicyclic) bond motifs is 1. The van der Waals surface area contributed by atoms with E-state index in [0.29, 0.717) is 16.6 Å². The molecule has 0 unspecified atom stereocenters. The molecular weight excluding hydrogens is 390 g/mol. The van der Waals surface area contributed by atoms with Gasteiger partial charge in [-0.25, -0.2) is 9.48 Å². The Morgan fingerprint density at radius 1 is 1.21 bits per heavy atom. The van der Waals surface area contributed by atoms with Crippen LogP contribution in [0.25, 0.3) is 15.9 Å². The molecule has 0 bridgehead atoms. The molecule has 0 saturated heterocycles. The van der Waals surface area contributed by atoms with E-state index in [1.54, 1.807) is 25.1 Å². The zero-order valence-electron chi connectivity index (χ0n) is 16.2. The van der Waals surface area contributed by atoms with Crippen LogP contribution in [0.4, 0.5) is 11.9 Å². The van der Waals surface area contributed by atoms with Crippen molar-refractivity contribution in [2.45, 2.75) is 13.5 Å². The van der Waals surface area contributed by atoms with E-state index < -0.39 is 5.97 Å². The Morgan fingerprint density at radius 2 is 1.97 bits per heavy atom. The van der Waals surface area contributed by atoms with Gasteiger partial charge in [-0.05, 0) is 25.1 Å². The number of ether oxygens (including phenoxy) is 1. The number of carbonyl (C=O) groups is 1. The lowest BCUT2D eigenvalue weighted by Crippen LogP contribution is -2.17. The summed E-state index contributed by atoms with van der Waals surface area (Å²) in [5.41, 5.74) is 7.49. The van der Waals surface area contributed by atoms with Crippen LogP contribution in [-0.4, -0.2) is 44.8 Å². The number of hydrogen-bond acceptors (Lipinski definition) is 9. The predicted molar refractivity (Wildman–Crippen MR) is 111 cm³/mol. The molecule has 1 aromatic carbocycles. The molecule has 9 nitrogen and oxygen atoms in total. The maximum absolute atomic E-state index is 12.6. The van der Waals surface area contributed by atoms with Gasteiger partial charge in [0.05, 0.1) is 11.4 Å². The molecule has 4 rings (SSSR count). The van der Waals surface area contributed by atoms with E-state index in [-0.39, 0.29) is 12.6 Å². The summed E-state index contributed by atoms with van der Waals surface area (Å²) in [4.78, 5) is 28.0. The van der Waals surface area contributed by atoms with Gasteiger partial charge in [-0.2, -0.15) is 20.1 Å². The van der Waals surface area contributed by atoms with E-state index in [2.05, 4.69) is 20.1 Å². The second-order valence-corrected chi connectivity index (χ2v) is 7.57.